The van der Waals surface area contributed by atoms with Crippen molar-refractivity contribution in [3.63, 3.8) is 0 Å². The normalized spacial score (nSPS) is 29.8. The zero-order valence-corrected chi connectivity index (χ0v) is 16.4. The highest BCUT2D eigenvalue weighted by Gasteiger charge is 2.46. The van der Waals surface area contributed by atoms with Gasteiger partial charge in [-0.3, -0.25) is 4.79 Å². The van der Waals surface area contributed by atoms with E-state index in [2.05, 4.69) is 12.0 Å². The van der Waals surface area contributed by atoms with Crippen molar-refractivity contribution in [2.45, 2.75) is 36.8 Å². The molecule has 0 bridgehead atoms. The van der Waals surface area contributed by atoms with E-state index in [1.165, 1.54) is 14.2 Å². The molecule has 0 aromatic rings. The van der Waals surface area contributed by atoms with Crippen molar-refractivity contribution in [1.29, 1.82) is 0 Å². The van der Waals surface area contributed by atoms with Crippen molar-refractivity contribution in [1.82, 2.24) is 0 Å². The highest BCUT2D eigenvalue weighted by molar-refractivity contribution is 7.92. The predicted molar refractivity (Wildman–Crippen MR) is 97.6 cm³/mol. The van der Waals surface area contributed by atoms with Crippen LogP contribution in [-0.2, 0) is 48.0 Å². The van der Waals surface area contributed by atoms with Crippen LogP contribution >= 0.6 is 0 Å². The van der Waals surface area contributed by atoms with Crippen LogP contribution in [0.3, 0.4) is 0 Å². The Morgan fingerprint density at radius 3 is 2.27 bits per heavy atom. The molecule has 1 fully saturated rings. The highest BCUT2D eigenvalue weighted by Crippen LogP contribution is 2.28. The fourth-order valence-electron chi connectivity index (χ4n) is 2.78. The van der Waals surface area contributed by atoms with E-state index in [1.807, 2.05) is 5.23 Å². The molecular formula is C17H27O8S-. The van der Waals surface area contributed by atoms with Gasteiger partial charge in [0, 0.05) is 28.4 Å². The molecule has 8 nitrogen and oxygen atoms in total. The summed E-state index contributed by atoms with van der Waals surface area (Å²) in [5.41, 5.74) is 0. The average Bonchev–Trinajstić information content (AvgIpc) is 2.65. The first-order valence-corrected chi connectivity index (χ1v) is 9.46. The molecule has 1 heterocycles. The molecule has 0 N–H and O–H groups in total. The lowest BCUT2D eigenvalue weighted by Gasteiger charge is -2.45. The van der Waals surface area contributed by atoms with Gasteiger partial charge in [-0.2, -0.15) is 0 Å². The molecule has 26 heavy (non-hydrogen) atoms. The highest BCUT2D eigenvalue weighted by atomic mass is 32.2. The van der Waals surface area contributed by atoms with Gasteiger partial charge in [0.05, 0.1) is 19.3 Å². The summed E-state index contributed by atoms with van der Waals surface area (Å²) >= 11 is 0. The van der Waals surface area contributed by atoms with E-state index in [1.54, 1.807) is 14.2 Å². The number of methoxy groups -OCH3 is 4. The first-order chi connectivity index (χ1) is 12.6. The molecule has 0 aromatic heterocycles. The van der Waals surface area contributed by atoms with Gasteiger partial charge in [-0.15, -0.1) is 0 Å². The molecule has 0 radical (unpaired) electrons. The van der Waals surface area contributed by atoms with Crippen LogP contribution in [0.15, 0.2) is 0 Å². The summed E-state index contributed by atoms with van der Waals surface area (Å²) in [5, 5.41) is 1.87. The van der Waals surface area contributed by atoms with E-state index < -0.39 is 46.9 Å². The predicted octanol–water partition coefficient (Wildman–Crippen LogP) is -0.487. The van der Waals surface area contributed by atoms with Gasteiger partial charge in [-0.25, -0.2) is 5.87 Å². The molecule has 9 heteroatoms. The molecule has 0 saturated carbocycles. The van der Waals surface area contributed by atoms with Crippen LogP contribution < -0.4 is 0 Å². The second-order valence-electron chi connectivity index (χ2n) is 5.53. The Morgan fingerprint density at radius 2 is 1.77 bits per heavy atom. The Morgan fingerprint density at radius 1 is 1.12 bits per heavy atom. The maximum absolute atomic E-state index is 10.9. The number of ether oxygens (including phenoxy) is 7. The van der Waals surface area contributed by atoms with Crippen LogP contribution in [0.1, 0.15) is 0 Å². The molecule has 1 rings (SSSR count). The van der Waals surface area contributed by atoms with Gasteiger partial charge in [-0.1, -0.05) is 12.2 Å². The van der Waals surface area contributed by atoms with Crippen molar-refractivity contribution in [3.8, 4) is 12.5 Å². The van der Waals surface area contributed by atoms with Crippen molar-refractivity contribution in [2.75, 3.05) is 47.4 Å². The lowest BCUT2D eigenvalue weighted by molar-refractivity contribution is -0.307. The van der Waals surface area contributed by atoms with Crippen LogP contribution in [0.25, 0.3) is 0 Å². The molecular weight excluding hydrogens is 364 g/mol. The Labute approximate surface area is 156 Å². The van der Waals surface area contributed by atoms with Crippen molar-refractivity contribution < 1.29 is 38.0 Å². The van der Waals surface area contributed by atoms with Crippen molar-refractivity contribution in [2.24, 2.45) is 0 Å². The smallest absolute Gasteiger partial charge is 0.186 e. The fraction of sp³-hybridized carbons (Fsp3) is 0.765. The molecule has 0 aromatic carbocycles. The topological polar surface area (TPSA) is 81.7 Å². The first kappa shape index (κ1) is 23.0. The van der Waals surface area contributed by atoms with Gasteiger partial charge in [0.2, 0.25) is 0 Å². The molecule has 1 aliphatic heterocycles. The largest absolute Gasteiger partial charge is 0.439 e. The number of carbonyl (C=O) groups excluding carboxylic acids is 1. The number of terminal acetylenes is 1. The van der Waals surface area contributed by atoms with Gasteiger partial charge < -0.3 is 43.2 Å². The van der Waals surface area contributed by atoms with Gasteiger partial charge in [-0.05, 0) is 5.23 Å². The van der Waals surface area contributed by atoms with Gasteiger partial charge in [0.15, 0.2) is 12.4 Å². The van der Waals surface area contributed by atoms with Crippen LogP contribution in [0.5, 0.6) is 0 Å². The summed E-state index contributed by atoms with van der Waals surface area (Å²) in [4.78, 5) is 10.9. The SMILES string of the molecule is C#COC(COC)COC1OC(C[S-](=C)=C=O)[C@@H](OC)C(OC)C1OC. The Kier molecular flexibility index (Phi) is 10.9. The summed E-state index contributed by atoms with van der Waals surface area (Å²) in [6, 6.07) is 0. The summed E-state index contributed by atoms with van der Waals surface area (Å²) in [6.07, 6.45) is 4.11. The second-order valence-corrected chi connectivity index (χ2v) is 7.02. The average molecular weight is 391 g/mol. The molecule has 0 amide bonds. The van der Waals surface area contributed by atoms with Crippen molar-refractivity contribution in [3.05, 3.63) is 0 Å². The monoisotopic (exact) mass is 391 g/mol. The summed E-state index contributed by atoms with van der Waals surface area (Å²) in [5.74, 6) is 4.09. The zero-order chi connectivity index (χ0) is 19.5. The molecule has 150 valence electrons. The van der Waals surface area contributed by atoms with Crippen LogP contribution in [0, 0.1) is 12.5 Å². The van der Waals surface area contributed by atoms with E-state index in [4.69, 9.17) is 39.6 Å². The maximum Gasteiger partial charge on any atom is 0.186 e. The van der Waals surface area contributed by atoms with E-state index >= 15 is 0 Å². The minimum absolute atomic E-state index is 0.124. The minimum atomic E-state index is -0.844. The van der Waals surface area contributed by atoms with E-state index in [-0.39, 0.29) is 13.2 Å². The van der Waals surface area contributed by atoms with E-state index in [0.29, 0.717) is 5.75 Å². The molecule has 0 spiro atoms. The quantitative estimate of drug-likeness (QED) is 0.265. The van der Waals surface area contributed by atoms with Crippen LogP contribution in [0.2, 0.25) is 0 Å². The summed E-state index contributed by atoms with van der Waals surface area (Å²) < 4.78 is 38.6. The first-order valence-electron chi connectivity index (χ1n) is 7.90. The molecule has 1 aliphatic rings. The van der Waals surface area contributed by atoms with E-state index in [0.717, 1.165) is 0 Å². The molecule has 6 atom stereocenters. The number of hydrogen-bond donors (Lipinski definition) is 0. The third kappa shape index (κ3) is 6.27. The Bertz CT molecular complexity index is 549. The summed E-state index contributed by atoms with van der Waals surface area (Å²) in [6.45, 7) is 0.383. The third-order valence-corrected chi connectivity index (χ3v) is 4.89. The van der Waals surface area contributed by atoms with Gasteiger partial charge in [0.1, 0.15) is 24.4 Å². The minimum Gasteiger partial charge on any atom is -0.439 e. The lowest BCUT2D eigenvalue weighted by atomic mass is 9.99. The standard InChI is InChI=1S/C17H27O8S/c1-7-23-12(8-19-2)9-24-17-16(22-5)15(21-4)14(20-3)13(25-17)10-26(6)11-18/h1,12-17H,6,8-10H2,2-5H3/q-1/t12?,13?,14-,15?,16?,17?/m1/s1. The number of rotatable bonds is 11. The second kappa shape index (κ2) is 12.3. The third-order valence-electron chi connectivity index (χ3n) is 3.92. The molecule has 1 saturated heterocycles. The Hall–Kier alpha value is -1.08. The van der Waals surface area contributed by atoms with E-state index in [9.17, 15) is 4.79 Å². The van der Waals surface area contributed by atoms with Crippen LogP contribution in [-0.4, -0.2) is 95.3 Å². The maximum atomic E-state index is 10.9. The zero-order valence-electron chi connectivity index (χ0n) is 15.5. The Balaban J connectivity index is 2.94. The number of hydrogen-bond acceptors (Lipinski definition) is 9. The van der Waals surface area contributed by atoms with Crippen LogP contribution in [0.4, 0.5) is 0 Å². The van der Waals surface area contributed by atoms with Gasteiger partial charge >= 0.3 is 0 Å². The summed E-state index contributed by atoms with van der Waals surface area (Å²) in [7, 11) is 5.31. The fourth-order valence-corrected chi connectivity index (χ4v) is 3.51. The van der Waals surface area contributed by atoms with Crippen molar-refractivity contribution >= 4 is 21.2 Å². The molecule has 0 aliphatic carbocycles. The molecule has 5 unspecified atom stereocenters. The lowest BCUT2D eigenvalue weighted by Crippen LogP contribution is -2.61. The van der Waals surface area contributed by atoms with Gasteiger partial charge in [0.25, 0.3) is 0 Å².